The summed E-state index contributed by atoms with van der Waals surface area (Å²) in [6, 6.07) is 2.21. The predicted molar refractivity (Wildman–Crippen MR) is 69.2 cm³/mol. The lowest BCUT2D eigenvalue weighted by Gasteiger charge is -2.12. The Bertz CT molecular complexity index is 536. The average Bonchev–Trinajstić information content (AvgIpc) is 2.33. The highest BCUT2D eigenvalue weighted by atomic mass is 32.2. The molecule has 1 unspecified atom stereocenters. The van der Waals surface area contributed by atoms with Gasteiger partial charge in [0.05, 0.1) is 18.5 Å². The zero-order chi connectivity index (χ0) is 15.2. The van der Waals surface area contributed by atoms with Crippen molar-refractivity contribution in [2.24, 2.45) is 0 Å². The van der Waals surface area contributed by atoms with Gasteiger partial charge in [-0.3, -0.25) is 0 Å². The highest BCUT2D eigenvalue weighted by Gasteiger charge is 2.23. The number of nitrogens with one attached hydrogen (secondary N) is 1. The van der Waals surface area contributed by atoms with Crippen molar-refractivity contribution in [2.45, 2.75) is 11.0 Å². The first-order valence-corrected chi connectivity index (χ1v) is 7.57. The van der Waals surface area contributed by atoms with Gasteiger partial charge >= 0.3 is 0 Å². The Kier molecular flexibility index (Phi) is 6.47. The van der Waals surface area contributed by atoms with Crippen molar-refractivity contribution >= 4 is 9.84 Å². The third kappa shape index (κ3) is 5.12. The molecule has 0 aromatic heterocycles. The van der Waals surface area contributed by atoms with E-state index in [1.165, 1.54) is 7.11 Å². The number of rotatable bonds is 8. The summed E-state index contributed by atoms with van der Waals surface area (Å²) >= 11 is 0. The fourth-order valence-corrected chi connectivity index (χ4v) is 3.01. The molecular weight excluding hydrogens is 292 g/mol. The van der Waals surface area contributed by atoms with E-state index in [9.17, 15) is 22.3 Å². The van der Waals surface area contributed by atoms with Gasteiger partial charge < -0.3 is 15.2 Å². The number of aliphatic hydroxyl groups excluding tert-OH is 1. The van der Waals surface area contributed by atoms with Crippen LogP contribution in [0.3, 0.4) is 0 Å². The van der Waals surface area contributed by atoms with Crippen molar-refractivity contribution in [2.75, 3.05) is 32.6 Å². The maximum Gasteiger partial charge on any atom is 0.183 e. The van der Waals surface area contributed by atoms with Gasteiger partial charge in [-0.15, -0.1) is 0 Å². The van der Waals surface area contributed by atoms with Crippen LogP contribution in [0.2, 0.25) is 0 Å². The molecule has 0 bridgehead atoms. The molecule has 1 aromatic rings. The maximum atomic E-state index is 13.4. The first-order chi connectivity index (χ1) is 9.36. The minimum Gasteiger partial charge on any atom is -0.391 e. The van der Waals surface area contributed by atoms with Gasteiger partial charge in [-0.2, -0.15) is 0 Å². The normalized spacial score (nSPS) is 13.4. The van der Waals surface area contributed by atoms with Gasteiger partial charge in [-0.05, 0) is 12.1 Å². The molecule has 0 aliphatic carbocycles. The summed E-state index contributed by atoms with van der Waals surface area (Å²) in [5.41, 5.74) is 0. The lowest BCUT2D eigenvalue weighted by Crippen LogP contribution is -2.34. The first kappa shape index (κ1) is 17.0. The fraction of sp³-hybridized carbons (Fsp3) is 0.500. The largest absolute Gasteiger partial charge is 0.391 e. The van der Waals surface area contributed by atoms with Crippen molar-refractivity contribution < 1.29 is 27.0 Å². The predicted octanol–water partition coefficient (Wildman–Crippen LogP) is 0.335. The van der Waals surface area contributed by atoms with E-state index in [2.05, 4.69) is 5.32 Å². The Hall–Kier alpha value is -1.09. The summed E-state index contributed by atoms with van der Waals surface area (Å²) in [6.07, 6.45) is -1.19. The maximum absolute atomic E-state index is 13.4. The van der Waals surface area contributed by atoms with Gasteiger partial charge in [0.1, 0.15) is 16.5 Å². The molecule has 0 heterocycles. The van der Waals surface area contributed by atoms with Gasteiger partial charge in [-0.25, -0.2) is 17.2 Å². The Balaban J connectivity index is 2.65. The second-order valence-corrected chi connectivity index (χ2v) is 6.21. The zero-order valence-corrected chi connectivity index (χ0v) is 11.8. The quantitative estimate of drug-likeness (QED) is 0.535. The second-order valence-electron chi connectivity index (χ2n) is 4.21. The molecule has 0 spiro atoms. The molecular formula is C12H17F2NO4S. The summed E-state index contributed by atoms with van der Waals surface area (Å²) in [4.78, 5) is -0.616. The molecule has 1 atom stereocenters. The summed E-state index contributed by atoms with van der Waals surface area (Å²) in [7, 11) is -2.50. The minimum absolute atomic E-state index is 0.0331. The average molecular weight is 309 g/mol. The third-order valence-corrected chi connectivity index (χ3v) is 4.33. The third-order valence-electron chi connectivity index (χ3n) is 2.50. The number of halogens is 2. The Morgan fingerprint density at radius 1 is 1.40 bits per heavy atom. The van der Waals surface area contributed by atoms with E-state index in [1.54, 1.807) is 0 Å². The van der Waals surface area contributed by atoms with Gasteiger partial charge in [0.25, 0.3) is 0 Å². The van der Waals surface area contributed by atoms with E-state index in [0.717, 1.165) is 12.1 Å². The van der Waals surface area contributed by atoms with E-state index in [-0.39, 0.29) is 6.54 Å². The molecule has 20 heavy (non-hydrogen) atoms. The number of sulfone groups is 1. The van der Waals surface area contributed by atoms with Crippen LogP contribution in [0.1, 0.15) is 0 Å². The molecule has 0 aliphatic heterocycles. The number of ether oxygens (including phenoxy) is 1. The Morgan fingerprint density at radius 3 is 2.70 bits per heavy atom. The summed E-state index contributed by atoms with van der Waals surface area (Å²) in [5.74, 6) is -2.66. The summed E-state index contributed by atoms with van der Waals surface area (Å²) in [6.45, 7) is 0.913. The van der Waals surface area contributed by atoms with Crippen molar-refractivity contribution in [1.29, 1.82) is 0 Å². The molecule has 1 rings (SSSR count). The van der Waals surface area contributed by atoms with Crippen LogP contribution < -0.4 is 5.32 Å². The zero-order valence-electron chi connectivity index (χ0n) is 11.0. The van der Waals surface area contributed by atoms with Crippen LogP contribution in [-0.4, -0.2) is 52.2 Å². The molecule has 0 radical (unpaired) electrons. The van der Waals surface area contributed by atoms with Crippen LogP contribution in [0.25, 0.3) is 0 Å². The topological polar surface area (TPSA) is 75.6 Å². The number of benzene rings is 1. The molecule has 0 saturated carbocycles. The number of hydrogen-bond donors (Lipinski definition) is 2. The van der Waals surface area contributed by atoms with Crippen LogP contribution in [0.4, 0.5) is 8.78 Å². The van der Waals surface area contributed by atoms with Crippen molar-refractivity contribution in [3.05, 3.63) is 29.8 Å². The van der Waals surface area contributed by atoms with Crippen LogP contribution in [0.5, 0.6) is 0 Å². The van der Waals surface area contributed by atoms with Crippen molar-refractivity contribution in [3.63, 3.8) is 0 Å². The summed E-state index contributed by atoms with van der Waals surface area (Å²) < 4.78 is 54.7. The fourth-order valence-electron chi connectivity index (χ4n) is 1.57. The van der Waals surface area contributed by atoms with E-state index in [1.807, 2.05) is 0 Å². The van der Waals surface area contributed by atoms with Crippen molar-refractivity contribution in [3.8, 4) is 0 Å². The van der Waals surface area contributed by atoms with Crippen LogP contribution in [-0.2, 0) is 14.6 Å². The molecule has 2 N–H and O–H groups in total. The molecule has 5 nitrogen and oxygen atoms in total. The molecule has 0 amide bonds. The number of methoxy groups -OCH3 is 1. The number of hydrogen-bond acceptors (Lipinski definition) is 5. The highest BCUT2D eigenvalue weighted by molar-refractivity contribution is 7.91. The smallest absolute Gasteiger partial charge is 0.183 e. The standard InChI is InChI=1S/C12H17F2NO4S/c1-19-5-4-15-7-10(16)8-20(17,18)12-3-2-9(13)6-11(12)14/h2-3,6,10,15-16H,4-5,7-8H2,1H3. The monoisotopic (exact) mass is 309 g/mol. The molecule has 0 fully saturated rings. The van der Waals surface area contributed by atoms with Crippen LogP contribution in [0, 0.1) is 11.6 Å². The molecule has 1 aromatic carbocycles. The van der Waals surface area contributed by atoms with Crippen LogP contribution in [0.15, 0.2) is 23.1 Å². The van der Waals surface area contributed by atoms with E-state index in [0.29, 0.717) is 19.2 Å². The number of aliphatic hydroxyl groups is 1. The second kappa shape index (κ2) is 7.63. The molecule has 0 saturated heterocycles. The Labute approximate surface area is 116 Å². The van der Waals surface area contributed by atoms with Gasteiger partial charge in [-0.1, -0.05) is 0 Å². The van der Waals surface area contributed by atoms with Crippen LogP contribution >= 0.6 is 0 Å². The lowest BCUT2D eigenvalue weighted by molar-refractivity contribution is 0.174. The molecule has 114 valence electrons. The van der Waals surface area contributed by atoms with E-state index in [4.69, 9.17) is 4.74 Å². The van der Waals surface area contributed by atoms with Gasteiger partial charge in [0.2, 0.25) is 0 Å². The van der Waals surface area contributed by atoms with E-state index < -0.39 is 38.2 Å². The van der Waals surface area contributed by atoms with Crippen molar-refractivity contribution in [1.82, 2.24) is 5.32 Å². The van der Waals surface area contributed by atoms with Gasteiger partial charge in [0, 0.05) is 26.3 Å². The summed E-state index contributed by atoms with van der Waals surface area (Å²) in [5, 5.41) is 12.4. The van der Waals surface area contributed by atoms with Gasteiger partial charge in [0.15, 0.2) is 9.84 Å². The SMILES string of the molecule is COCCNCC(O)CS(=O)(=O)c1ccc(F)cc1F. The highest BCUT2D eigenvalue weighted by Crippen LogP contribution is 2.17. The molecule has 0 aliphatic rings. The Morgan fingerprint density at radius 2 is 2.10 bits per heavy atom. The molecule has 8 heteroatoms. The minimum atomic E-state index is -4.01. The lowest BCUT2D eigenvalue weighted by atomic mass is 10.3. The first-order valence-electron chi connectivity index (χ1n) is 5.92. The van der Waals surface area contributed by atoms with E-state index >= 15 is 0 Å².